The second-order valence-corrected chi connectivity index (χ2v) is 4.74. The zero-order chi connectivity index (χ0) is 14.0. The standard InChI is InChI=1S/C12H17N5O2/c1-6(2)11-16-17-12(19-11)8(4)15-10(18)9-13-5-7(3)14-9/h5-6,8H,1-4H3,(H,13,14)(H,15,18). The molecule has 1 atom stereocenters. The van der Waals surface area contributed by atoms with Gasteiger partial charge in [0.15, 0.2) is 5.82 Å². The van der Waals surface area contributed by atoms with Crippen molar-refractivity contribution < 1.29 is 9.21 Å². The summed E-state index contributed by atoms with van der Waals surface area (Å²) in [7, 11) is 0. The Hall–Kier alpha value is -2.18. The molecule has 0 spiro atoms. The van der Waals surface area contributed by atoms with Crippen molar-refractivity contribution in [2.24, 2.45) is 0 Å². The quantitative estimate of drug-likeness (QED) is 0.875. The number of aromatic nitrogens is 4. The smallest absolute Gasteiger partial charge is 0.287 e. The lowest BCUT2D eigenvalue weighted by atomic mass is 10.2. The molecular weight excluding hydrogens is 246 g/mol. The Kier molecular flexibility index (Phi) is 3.64. The number of aromatic amines is 1. The molecule has 0 saturated carbocycles. The maximum atomic E-state index is 11.9. The van der Waals surface area contributed by atoms with Gasteiger partial charge in [-0.2, -0.15) is 0 Å². The molecule has 0 aliphatic rings. The highest BCUT2D eigenvalue weighted by Gasteiger charge is 2.19. The Bertz CT molecular complexity index is 572. The molecule has 1 unspecified atom stereocenters. The minimum atomic E-state index is -0.363. The molecule has 2 aromatic heterocycles. The summed E-state index contributed by atoms with van der Waals surface area (Å²) in [4.78, 5) is 18.7. The third-order valence-corrected chi connectivity index (χ3v) is 2.59. The third-order valence-electron chi connectivity index (χ3n) is 2.59. The van der Waals surface area contributed by atoms with Crippen LogP contribution in [0.3, 0.4) is 0 Å². The SMILES string of the molecule is Cc1cnc(C(=O)NC(C)c2nnc(C(C)C)o2)[nH]1. The van der Waals surface area contributed by atoms with E-state index in [0.29, 0.717) is 11.8 Å². The molecule has 1 amide bonds. The van der Waals surface area contributed by atoms with Crippen LogP contribution in [0.25, 0.3) is 0 Å². The Balaban J connectivity index is 2.04. The van der Waals surface area contributed by atoms with E-state index in [1.165, 1.54) is 0 Å². The van der Waals surface area contributed by atoms with Crippen LogP contribution in [0.5, 0.6) is 0 Å². The summed E-state index contributed by atoms with van der Waals surface area (Å²) >= 11 is 0. The van der Waals surface area contributed by atoms with Crippen LogP contribution in [0.4, 0.5) is 0 Å². The van der Waals surface area contributed by atoms with Crippen LogP contribution < -0.4 is 5.32 Å². The van der Waals surface area contributed by atoms with E-state index in [4.69, 9.17) is 4.42 Å². The Morgan fingerprint density at radius 3 is 2.53 bits per heavy atom. The normalized spacial score (nSPS) is 12.7. The van der Waals surface area contributed by atoms with Gasteiger partial charge in [0, 0.05) is 17.8 Å². The zero-order valence-electron chi connectivity index (χ0n) is 11.4. The number of carbonyl (C=O) groups excluding carboxylic acids is 1. The lowest BCUT2D eigenvalue weighted by Gasteiger charge is -2.08. The van der Waals surface area contributed by atoms with Gasteiger partial charge in [-0.15, -0.1) is 10.2 Å². The van der Waals surface area contributed by atoms with Gasteiger partial charge < -0.3 is 14.7 Å². The molecular formula is C12H17N5O2. The Morgan fingerprint density at radius 1 is 1.32 bits per heavy atom. The molecule has 0 bridgehead atoms. The maximum Gasteiger partial charge on any atom is 0.287 e. The van der Waals surface area contributed by atoms with Gasteiger partial charge >= 0.3 is 0 Å². The molecule has 102 valence electrons. The van der Waals surface area contributed by atoms with Crippen molar-refractivity contribution in [2.75, 3.05) is 0 Å². The largest absolute Gasteiger partial charge is 0.423 e. The average Bonchev–Trinajstić information content (AvgIpc) is 2.96. The van der Waals surface area contributed by atoms with E-state index in [9.17, 15) is 4.79 Å². The minimum Gasteiger partial charge on any atom is -0.423 e. The average molecular weight is 263 g/mol. The molecule has 0 aliphatic heterocycles. The van der Waals surface area contributed by atoms with E-state index in [0.717, 1.165) is 5.69 Å². The van der Waals surface area contributed by atoms with Gasteiger partial charge in [0.25, 0.3) is 5.91 Å². The lowest BCUT2D eigenvalue weighted by molar-refractivity contribution is 0.0924. The molecule has 0 aromatic carbocycles. The van der Waals surface area contributed by atoms with Crippen molar-refractivity contribution in [3.05, 3.63) is 29.5 Å². The number of imidazole rings is 1. The van der Waals surface area contributed by atoms with Crippen molar-refractivity contribution in [1.82, 2.24) is 25.5 Å². The molecule has 2 N–H and O–H groups in total. The van der Waals surface area contributed by atoms with E-state index in [1.54, 1.807) is 13.1 Å². The van der Waals surface area contributed by atoms with Crippen molar-refractivity contribution in [2.45, 2.75) is 39.7 Å². The summed E-state index contributed by atoms with van der Waals surface area (Å²) in [6.45, 7) is 7.55. The van der Waals surface area contributed by atoms with E-state index >= 15 is 0 Å². The van der Waals surface area contributed by atoms with Gasteiger partial charge in [0.05, 0.1) is 0 Å². The van der Waals surface area contributed by atoms with Crippen LogP contribution >= 0.6 is 0 Å². The van der Waals surface area contributed by atoms with Gasteiger partial charge in [0.1, 0.15) is 6.04 Å². The first kappa shape index (κ1) is 13.3. The first-order chi connectivity index (χ1) is 8.97. The fourth-order valence-electron chi connectivity index (χ4n) is 1.51. The maximum absolute atomic E-state index is 11.9. The van der Waals surface area contributed by atoms with E-state index in [2.05, 4.69) is 25.5 Å². The number of carbonyl (C=O) groups is 1. The summed E-state index contributed by atoms with van der Waals surface area (Å²) in [5.74, 6) is 1.08. The molecule has 0 fully saturated rings. The predicted molar refractivity (Wildman–Crippen MR) is 67.6 cm³/mol. The molecule has 0 saturated heterocycles. The molecule has 2 aromatic rings. The van der Waals surface area contributed by atoms with Gasteiger partial charge in [0.2, 0.25) is 11.8 Å². The van der Waals surface area contributed by atoms with Gasteiger partial charge in [-0.3, -0.25) is 4.79 Å². The summed E-state index contributed by atoms with van der Waals surface area (Å²) in [6.07, 6.45) is 1.60. The predicted octanol–water partition coefficient (Wildman–Crippen LogP) is 1.72. The number of aryl methyl sites for hydroxylation is 1. The molecule has 2 heterocycles. The highest BCUT2D eigenvalue weighted by atomic mass is 16.4. The number of amides is 1. The zero-order valence-corrected chi connectivity index (χ0v) is 11.4. The lowest BCUT2D eigenvalue weighted by Crippen LogP contribution is -2.27. The van der Waals surface area contributed by atoms with Crippen LogP contribution in [-0.2, 0) is 0 Å². The summed E-state index contributed by atoms with van der Waals surface area (Å²) in [5, 5.41) is 10.6. The van der Waals surface area contributed by atoms with E-state index in [-0.39, 0.29) is 23.7 Å². The topological polar surface area (TPSA) is 96.7 Å². The fourth-order valence-corrected chi connectivity index (χ4v) is 1.51. The number of H-pyrrole nitrogens is 1. The van der Waals surface area contributed by atoms with E-state index < -0.39 is 0 Å². The van der Waals surface area contributed by atoms with Crippen molar-refractivity contribution in [3.63, 3.8) is 0 Å². The summed E-state index contributed by atoms with van der Waals surface area (Å²) in [5.41, 5.74) is 0.831. The fraction of sp³-hybridized carbons (Fsp3) is 0.500. The second kappa shape index (κ2) is 5.21. The van der Waals surface area contributed by atoms with Crippen molar-refractivity contribution in [3.8, 4) is 0 Å². The van der Waals surface area contributed by atoms with E-state index in [1.807, 2.05) is 20.8 Å². The highest BCUT2D eigenvalue weighted by molar-refractivity contribution is 5.90. The molecule has 19 heavy (non-hydrogen) atoms. The van der Waals surface area contributed by atoms with Crippen molar-refractivity contribution in [1.29, 1.82) is 0 Å². The second-order valence-electron chi connectivity index (χ2n) is 4.74. The number of nitrogens with zero attached hydrogens (tertiary/aromatic N) is 3. The van der Waals surface area contributed by atoms with Gasteiger partial charge in [-0.1, -0.05) is 13.8 Å². The monoisotopic (exact) mass is 263 g/mol. The van der Waals surface area contributed by atoms with Crippen LogP contribution in [0.2, 0.25) is 0 Å². The number of nitrogens with one attached hydrogen (secondary N) is 2. The molecule has 0 radical (unpaired) electrons. The summed E-state index contributed by atoms with van der Waals surface area (Å²) in [6, 6.07) is -0.363. The molecule has 7 heteroatoms. The summed E-state index contributed by atoms with van der Waals surface area (Å²) < 4.78 is 5.48. The van der Waals surface area contributed by atoms with Crippen LogP contribution in [0.15, 0.2) is 10.6 Å². The number of hydrogen-bond donors (Lipinski definition) is 2. The Labute approximate surface area is 110 Å². The molecule has 7 nitrogen and oxygen atoms in total. The van der Waals surface area contributed by atoms with Crippen LogP contribution in [0.1, 0.15) is 60.8 Å². The van der Waals surface area contributed by atoms with Gasteiger partial charge in [-0.05, 0) is 13.8 Å². The third kappa shape index (κ3) is 2.98. The van der Waals surface area contributed by atoms with Crippen molar-refractivity contribution >= 4 is 5.91 Å². The first-order valence-electron chi connectivity index (χ1n) is 6.13. The van der Waals surface area contributed by atoms with Crippen LogP contribution in [0, 0.1) is 6.92 Å². The number of rotatable bonds is 4. The molecule has 2 rings (SSSR count). The minimum absolute atomic E-state index is 0.164. The Morgan fingerprint density at radius 2 is 2.00 bits per heavy atom. The molecule has 0 aliphatic carbocycles. The van der Waals surface area contributed by atoms with Gasteiger partial charge in [-0.25, -0.2) is 4.98 Å². The first-order valence-corrected chi connectivity index (χ1v) is 6.13. The number of hydrogen-bond acceptors (Lipinski definition) is 5. The highest BCUT2D eigenvalue weighted by Crippen LogP contribution is 2.16. The van der Waals surface area contributed by atoms with Crippen LogP contribution in [-0.4, -0.2) is 26.1 Å².